The molecule has 152 valence electrons. The maximum absolute atomic E-state index is 13.2. The Morgan fingerprint density at radius 3 is 2.93 bits per heavy atom. The molecule has 4 N–H and O–H groups in total. The van der Waals surface area contributed by atoms with Gasteiger partial charge < -0.3 is 25.7 Å². The van der Waals surface area contributed by atoms with Crippen LogP contribution in [0.25, 0.3) is 11.3 Å². The zero-order valence-corrected chi connectivity index (χ0v) is 16.0. The summed E-state index contributed by atoms with van der Waals surface area (Å²) in [6, 6.07) is 8.15. The molecule has 8 heteroatoms. The third kappa shape index (κ3) is 3.88. The summed E-state index contributed by atoms with van der Waals surface area (Å²) in [4.78, 5) is 39.7. The lowest BCUT2D eigenvalue weighted by atomic mass is 9.95. The minimum absolute atomic E-state index is 0.0689. The van der Waals surface area contributed by atoms with Crippen molar-refractivity contribution in [1.29, 1.82) is 0 Å². The molecule has 1 aromatic carbocycles. The second kappa shape index (κ2) is 8.08. The van der Waals surface area contributed by atoms with E-state index in [-0.39, 0.29) is 23.8 Å². The number of piperidine rings is 1. The maximum atomic E-state index is 13.2. The number of amides is 3. The van der Waals surface area contributed by atoms with E-state index in [9.17, 15) is 14.4 Å². The maximum Gasteiger partial charge on any atom is 0.256 e. The predicted molar refractivity (Wildman–Crippen MR) is 107 cm³/mol. The van der Waals surface area contributed by atoms with Crippen LogP contribution < -0.4 is 16.4 Å². The standard InChI is InChI=1S/C21H24N4O4/c22-8-1-4-19(26)23-14-7-9-25-17(12-14)20(27)24-16-6-5-13(11-15(16)21(25)28)18-3-2-10-29-18/h2-3,5-6,10-11,14,17H,1,4,7-9,12,22H2,(H,23,26)(H,24,27). The van der Waals surface area contributed by atoms with Crippen LogP contribution in [0.3, 0.4) is 0 Å². The molecule has 0 saturated carbocycles. The van der Waals surface area contributed by atoms with Crippen LogP contribution in [0.5, 0.6) is 0 Å². The number of benzene rings is 1. The van der Waals surface area contributed by atoms with Gasteiger partial charge in [0, 0.05) is 24.6 Å². The Balaban J connectivity index is 1.54. The Bertz CT molecular complexity index is 925. The smallest absolute Gasteiger partial charge is 0.256 e. The van der Waals surface area contributed by atoms with Crippen LogP contribution in [0.4, 0.5) is 5.69 Å². The zero-order valence-electron chi connectivity index (χ0n) is 16.0. The van der Waals surface area contributed by atoms with Crippen LogP contribution in [0.2, 0.25) is 0 Å². The zero-order chi connectivity index (χ0) is 20.4. The van der Waals surface area contributed by atoms with Gasteiger partial charge in [0.1, 0.15) is 11.8 Å². The lowest BCUT2D eigenvalue weighted by Gasteiger charge is -2.37. The van der Waals surface area contributed by atoms with Crippen molar-refractivity contribution in [1.82, 2.24) is 10.2 Å². The topological polar surface area (TPSA) is 118 Å². The van der Waals surface area contributed by atoms with Gasteiger partial charge in [-0.25, -0.2) is 0 Å². The van der Waals surface area contributed by atoms with E-state index in [2.05, 4.69) is 10.6 Å². The van der Waals surface area contributed by atoms with Gasteiger partial charge in [-0.3, -0.25) is 14.4 Å². The molecule has 1 saturated heterocycles. The summed E-state index contributed by atoms with van der Waals surface area (Å²) in [5.41, 5.74) is 7.16. The van der Waals surface area contributed by atoms with Gasteiger partial charge in [-0.1, -0.05) is 0 Å². The van der Waals surface area contributed by atoms with Crippen LogP contribution >= 0.6 is 0 Å². The molecule has 4 rings (SSSR count). The molecule has 0 bridgehead atoms. The van der Waals surface area contributed by atoms with Crippen molar-refractivity contribution < 1.29 is 18.8 Å². The number of hydrogen-bond acceptors (Lipinski definition) is 5. The molecule has 2 aliphatic rings. The number of furan rings is 1. The van der Waals surface area contributed by atoms with Gasteiger partial charge in [0.15, 0.2) is 0 Å². The molecule has 0 aliphatic carbocycles. The Morgan fingerprint density at radius 2 is 2.17 bits per heavy atom. The van der Waals surface area contributed by atoms with E-state index in [4.69, 9.17) is 10.2 Å². The van der Waals surface area contributed by atoms with Gasteiger partial charge in [-0.15, -0.1) is 0 Å². The van der Waals surface area contributed by atoms with Crippen molar-refractivity contribution in [2.45, 2.75) is 37.8 Å². The van der Waals surface area contributed by atoms with Crippen LogP contribution in [0.15, 0.2) is 41.0 Å². The van der Waals surface area contributed by atoms with Crippen molar-refractivity contribution in [3.8, 4) is 11.3 Å². The van der Waals surface area contributed by atoms with Crippen molar-refractivity contribution in [3.63, 3.8) is 0 Å². The van der Waals surface area contributed by atoms with Crippen LogP contribution in [0.1, 0.15) is 36.0 Å². The SMILES string of the molecule is NCCCC(=O)NC1CCN2C(=O)c3cc(-c4ccco4)ccc3NC(=O)C2C1. The number of carbonyl (C=O) groups is 3. The average Bonchev–Trinajstić information content (AvgIpc) is 3.24. The summed E-state index contributed by atoms with van der Waals surface area (Å²) in [5, 5.41) is 5.84. The van der Waals surface area contributed by atoms with E-state index in [1.54, 1.807) is 29.4 Å². The third-order valence-electron chi connectivity index (χ3n) is 5.45. The van der Waals surface area contributed by atoms with E-state index in [1.165, 1.54) is 0 Å². The highest BCUT2D eigenvalue weighted by Gasteiger charge is 2.40. The van der Waals surface area contributed by atoms with Gasteiger partial charge in [0.05, 0.1) is 17.5 Å². The lowest BCUT2D eigenvalue weighted by molar-refractivity contribution is -0.125. The summed E-state index contributed by atoms with van der Waals surface area (Å²) in [6.07, 6.45) is 3.57. The van der Waals surface area contributed by atoms with E-state index in [0.29, 0.717) is 55.8 Å². The van der Waals surface area contributed by atoms with E-state index in [1.807, 2.05) is 12.1 Å². The molecule has 29 heavy (non-hydrogen) atoms. The monoisotopic (exact) mass is 396 g/mol. The molecule has 2 aromatic rings. The normalized spacial score (nSPS) is 21.1. The summed E-state index contributed by atoms with van der Waals surface area (Å²) >= 11 is 0. The second-order valence-corrected chi connectivity index (χ2v) is 7.42. The minimum atomic E-state index is -0.615. The molecule has 0 radical (unpaired) electrons. The number of fused-ring (bicyclic) bond motifs is 2. The van der Waals surface area contributed by atoms with Crippen molar-refractivity contribution in [2.75, 3.05) is 18.4 Å². The highest BCUT2D eigenvalue weighted by atomic mass is 16.3. The number of nitrogens with one attached hydrogen (secondary N) is 2. The first kappa shape index (κ1) is 19.2. The Hall–Kier alpha value is -3.13. The summed E-state index contributed by atoms with van der Waals surface area (Å²) in [7, 11) is 0. The third-order valence-corrected chi connectivity index (χ3v) is 5.45. The van der Waals surface area contributed by atoms with E-state index < -0.39 is 6.04 Å². The van der Waals surface area contributed by atoms with Crippen molar-refractivity contribution in [3.05, 3.63) is 42.2 Å². The largest absolute Gasteiger partial charge is 0.464 e. The molecule has 0 spiro atoms. The number of anilines is 1. The fourth-order valence-electron chi connectivity index (χ4n) is 3.95. The fourth-order valence-corrected chi connectivity index (χ4v) is 3.95. The first-order valence-electron chi connectivity index (χ1n) is 9.86. The molecule has 3 amide bonds. The molecule has 3 heterocycles. The van der Waals surface area contributed by atoms with Gasteiger partial charge in [0.25, 0.3) is 5.91 Å². The Morgan fingerprint density at radius 1 is 1.31 bits per heavy atom. The first-order valence-corrected chi connectivity index (χ1v) is 9.86. The van der Waals surface area contributed by atoms with Gasteiger partial charge in [0.2, 0.25) is 11.8 Å². The quantitative estimate of drug-likeness (QED) is 0.711. The van der Waals surface area contributed by atoms with Crippen LogP contribution in [-0.2, 0) is 9.59 Å². The predicted octanol–water partition coefficient (Wildman–Crippen LogP) is 1.73. The summed E-state index contributed by atoms with van der Waals surface area (Å²) < 4.78 is 5.42. The summed E-state index contributed by atoms with van der Waals surface area (Å²) in [6.45, 7) is 0.868. The minimum Gasteiger partial charge on any atom is -0.464 e. The Kier molecular flexibility index (Phi) is 5.35. The highest BCUT2D eigenvalue weighted by molar-refractivity contribution is 6.10. The van der Waals surface area contributed by atoms with E-state index >= 15 is 0 Å². The number of hydrogen-bond donors (Lipinski definition) is 3. The molecule has 1 aromatic heterocycles. The van der Waals surface area contributed by atoms with Crippen molar-refractivity contribution in [2.24, 2.45) is 5.73 Å². The Labute approximate surface area is 168 Å². The molecule has 1 fully saturated rings. The molecular formula is C21H24N4O4. The molecular weight excluding hydrogens is 372 g/mol. The fraction of sp³-hybridized carbons (Fsp3) is 0.381. The number of rotatable bonds is 5. The molecule has 2 aliphatic heterocycles. The average molecular weight is 396 g/mol. The number of carbonyl (C=O) groups excluding carboxylic acids is 3. The summed E-state index contributed by atoms with van der Waals surface area (Å²) in [5.74, 6) is 0.167. The second-order valence-electron chi connectivity index (χ2n) is 7.42. The first-order chi connectivity index (χ1) is 14.1. The van der Waals surface area contributed by atoms with Crippen LogP contribution in [-0.4, -0.2) is 47.8 Å². The van der Waals surface area contributed by atoms with Gasteiger partial charge in [-0.2, -0.15) is 0 Å². The van der Waals surface area contributed by atoms with Crippen LogP contribution in [0, 0.1) is 0 Å². The van der Waals surface area contributed by atoms with Gasteiger partial charge >= 0.3 is 0 Å². The molecule has 8 nitrogen and oxygen atoms in total. The number of nitrogens with zero attached hydrogens (tertiary/aromatic N) is 1. The van der Waals surface area contributed by atoms with Crippen molar-refractivity contribution >= 4 is 23.4 Å². The molecule has 2 atom stereocenters. The van der Waals surface area contributed by atoms with E-state index in [0.717, 1.165) is 5.56 Å². The lowest BCUT2D eigenvalue weighted by Crippen LogP contribution is -2.55. The highest BCUT2D eigenvalue weighted by Crippen LogP contribution is 2.31. The number of nitrogens with two attached hydrogens (primary N) is 1. The molecule has 2 unspecified atom stereocenters. The van der Waals surface area contributed by atoms with Gasteiger partial charge in [-0.05, 0) is 56.1 Å².